The molecule has 0 saturated heterocycles. The third kappa shape index (κ3) is 2.49. The number of rotatable bonds is 4. The molecule has 0 bridgehead atoms. The largest absolute Gasteiger partial charge is 0.461 e. The summed E-state index contributed by atoms with van der Waals surface area (Å²) in [5, 5.41) is 7.13. The summed E-state index contributed by atoms with van der Waals surface area (Å²) in [6.07, 6.45) is 1.58. The zero-order valence-corrected chi connectivity index (χ0v) is 10.5. The van der Waals surface area contributed by atoms with E-state index in [2.05, 4.69) is 15.5 Å². The van der Waals surface area contributed by atoms with Gasteiger partial charge in [0, 0.05) is 5.69 Å². The van der Waals surface area contributed by atoms with Gasteiger partial charge in [0.25, 0.3) is 0 Å². The molecule has 0 spiro atoms. The highest BCUT2D eigenvalue weighted by molar-refractivity contribution is 5.50. The van der Waals surface area contributed by atoms with E-state index in [1.54, 1.807) is 18.4 Å². The van der Waals surface area contributed by atoms with E-state index in [0.717, 1.165) is 5.69 Å². The fraction of sp³-hybridized carbons (Fsp3) is 0.143. The molecule has 0 unspecified atom stereocenters. The van der Waals surface area contributed by atoms with Crippen molar-refractivity contribution < 1.29 is 8.94 Å². The monoisotopic (exact) mass is 255 g/mol. The molecule has 0 fully saturated rings. The third-order valence-electron chi connectivity index (χ3n) is 2.78. The van der Waals surface area contributed by atoms with Crippen molar-refractivity contribution in [3.05, 3.63) is 54.1 Å². The maximum absolute atomic E-state index is 5.21. The van der Waals surface area contributed by atoms with Crippen molar-refractivity contribution in [2.24, 2.45) is 0 Å². The number of anilines is 1. The second kappa shape index (κ2) is 4.97. The van der Waals surface area contributed by atoms with Crippen LogP contribution in [0.5, 0.6) is 0 Å². The average molecular weight is 255 g/mol. The van der Waals surface area contributed by atoms with Crippen LogP contribution in [-0.4, -0.2) is 10.1 Å². The lowest BCUT2D eigenvalue weighted by Crippen LogP contribution is -2.01. The minimum atomic E-state index is 0.464. The van der Waals surface area contributed by atoms with Gasteiger partial charge in [-0.25, -0.2) is 0 Å². The SMILES string of the molecule is Cc1ccccc1NCc1nc(-c2ccco2)no1. The van der Waals surface area contributed by atoms with E-state index in [4.69, 9.17) is 8.94 Å². The lowest BCUT2D eigenvalue weighted by Gasteiger charge is -2.05. The van der Waals surface area contributed by atoms with Crippen molar-refractivity contribution in [2.75, 3.05) is 5.32 Å². The quantitative estimate of drug-likeness (QED) is 0.775. The van der Waals surface area contributed by atoms with Gasteiger partial charge >= 0.3 is 0 Å². The van der Waals surface area contributed by atoms with Gasteiger partial charge in [0.05, 0.1) is 12.8 Å². The molecule has 0 atom stereocenters. The maximum atomic E-state index is 5.21. The van der Waals surface area contributed by atoms with Crippen LogP contribution in [0.4, 0.5) is 5.69 Å². The second-order valence-electron chi connectivity index (χ2n) is 4.16. The summed E-state index contributed by atoms with van der Waals surface area (Å²) in [7, 11) is 0. The summed E-state index contributed by atoms with van der Waals surface area (Å²) in [5.41, 5.74) is 2.23. The summed E-state index contributed by atoms with van der Waals surface area (Å²) in [6.45, 7) is 2.53. The fourth-order valence-corrected chi connectivity index (χ4v) is 1.77. The van der Waals surface area contributed by atoms with Crippen LogP contribution in [-0.2, 0) is 6.54 Å². The number of hydrogen-bond donors (Lipinski definition) is 1. The molecular weight excluding hydrogens is 242 g/mol. The van der Waals surface area contributed by atoms with Crippen molar-refractivity contribution in [1.29, 1.82) is 0 Å². The van der Waals surface area contributed by atoms with Crippen molar-refractivity contribution in [1.82, 2.24) is 10.1 Å². The number of aryl methyl sites for hydroxylation is 1. The summed E-state index contributed by atoms with van der Waals surface area (Å²) < 4.78 is 10.4. The fourth-order valence-electron chi connectivity index (χ4n) is 1.77. The van der Waals surface area contributed by atoms with Crippen molar-refractivity contribution in [3.63, 3.8) is 0 Å². The molecule has 2 aromatic heterocycles. The zero-order chi connectivity index (χ0) is 13.1. The summed E-state index contributed by atoms with van der Waals surface area (Å²) >= 11 is 0. The Morgan fingerprint density at radius 3 is 2.84 bits per heavy atom. The number of hydrogen-bond acceptors (Lipinski definition) is 5. The molecule has 0 radical (unpaired) electrons. The van der Waals surface area contributed by atoms with Crippen LogP contribution in [0.2, 0.25) is 0 Å². The Hall–Kier alpha value is -2.56. The smallest absolute Gasteiger partial charge is 0.246 e. The van der Waals surface area contributed by atoms with E-state index in [1.165, 1.54) is 5.56 Å². The molecule has 0 amide bonds. The Labute approximate surface area is 110 Å². The van der Waals surface area contributed by atoms with E-state index >= 15 is 0 Å². The lowest BCUT2D eigenvalue weighted by molar-refractivity contribution is 0.382. The lowest BCUT2D eigenvalue weighted by atomic mass is 10.2. The number of nitrogens with zero attached hydrogens (tertiary/aromatic N) is 2. The van der Waals surface area contributed by atoms with Gasteiger partial charge in [0.2, 0.25) is 11.7 Å². The first kappa shape index (κ1) is 11.5. The predicted molar refractivity (Wildman–Crippen MR) is 70.5 cm³/mol. The van der Waals surface area contributed by atoms with Crippen LogP contribution in [0.15, 0.2) is 51.6 Å². The van der Waals surface area contributed by atoms with Crippen LogP contribution in [0.3, 0.4) is 0 Å². The van der Waals surface area contributed by atoms with E-state index in [-0.39, 0.29) is 0 Å². The summed E-state index contributed by atoms with van der Waals surface area (Å²) in [5.74, 6) is 1.59. The molecular formula is C14H13N3O2. The predicted octanol–water partition coefficient (Wildman–Crippen LogP) is 3.25. The molecule has 5 heteroatoms. The molecule has 1 N–H and O–H groups in total. The Morgan fingerprint density at radius 1 is 1.16 bits per heavy atom. The van der Waals surface area contributed by atoms with E-state index in [0.29, 0.717) is 24.0 Å². The first-order chi connectivity index (χ1) is 9.33. The van der Waals surface area contributed by atoms with Crippen LogP contribution in [0, 0.1) is 6.92 Å². The van der Waals surface area contributed by atoms with Crippen LogP contribution in [0.25, 0.3) is 11.6 Å². The molecule has 96 valence electrons. The van der Waals surface area contributed by atoms with E-state index in [1.807, 2.05) is 31.2 Å². The summed E-state index contributed by atoms with van der Waals surface area (Å²) in [4.78, 5) is 4.26. The average Bonchev–Trinajstić information content (AvgIpc) is 3.09. The van der Waals surface area contributed by atoms with Gasteiger partial charge in [0.1, 0.15) is 0 Å². The molecule has 1 aromatic carbocycles. The molecule has 2 heterocycles. The Balaban J connectivity index is 1.70. The molecule has 0 aliphatic heterocycles. The topological polar surface area (TPSA) is 64.1 Å². The van der Waals surface area contributed by atoms with Gasteiger partial charge in [-0.3, -0.25) is 0 Å². The Kier molecular flexibility index (Phi) is 3.02. The normalized spacial score (nSPS) is 10.6. The molecule has 0 aliphatic carbocycles. The van der Waals surface area contributed by atoms with Gasteiger partial charge in [-0.2, -0.15) is 4.98 Å². The highest BCUT2D eigenvalue weighted by Gasteiger charge is 2.10. The van der Waals surface area contributed by atoms with Crippen LogP contribution in [0.1, 0.15) is 11.5 Å². The number of furan rings is 1. The summed E-state index contributed by atoms with van der Waals surface area (Å²) in [6, 6.07) is 11.6. The number of para-hydroxylation sites is 1. The maximum Gasteiger partial charge on any atom is 0.246 e. The van der Waals surface area contributed by atoms with Gasteiger partial charge in [-0.15, -0.1) is 0 Å². The number of aromatic nitrogens is 2. The van der Waals surface area contributed by atoms with E-state index in [9.17, 15) is 0 Å². The second-order valence-corrected chi connectivity index (χ2v) is 4.16. The first-order valence-corrected chi connectivity index (χ1v) is 5.99. The van der Waals surface area contributed by atoms with Gasteiger partial charge < -0.3 is 14.3 Å². The number of nitrogens with one attached hydrogen (secondary N) is 1. The highest BCUT2D eigenvalue weighted by Crippen LogP contribution is 2.17. The van der Waals surface area contributed by atoms with Crippen LogP contribution >= 0.6 is 0 Å². The van der Waals surface area contributed by atoms with Gasteiger partial charge in [-0.05, 0) is 30.7 Å². The minimum Gasteiger partial charge on any atom is -0.461 e. The zero-order valence-electron chi connectivity index (χ0n) is 10.5. The standard InChI is InChI=1S/C14H13N3O2/c1-10-5-2-3-6-11(10)15-9-13-16-14(17-19-13)12-7-4-8-18-12/h2-8,15H,9H2,1H3. The third-order valence-corrected chi connectivity index (χ3v) is 2.78. The minimum absolute atomic E-state index is 0.464. The van der Waals surface area contributed by atoms with E-state index < -0.39 is 0 Å². The molecule has 0 aliphatic rings. The number of benzene rings is 1. The molecule has 3 aromatic rings. The van der Waals surface area contributed by atoms with Crippen molar-refractivity contribution in [3.8, 4) is 11.6 Å². The molecule has 3 rings (SSSR count). The molecule has 5 nitrogen and oxygen atoms in total. The van der Waals surface area contributed by atoms with Gasteiger partial charge in [-0.1, -0.05) is 23.4 Å². The first-order valence-electron chi connectivity index (χ1n) is 5.99. The molecule has 19 heavy (non-hydrogen) atoms. The van der Waals surface area contributed by atoms with Gasteiger partial charge in [0.15, 0.2) is 5.76 Å². The molecule has 0 saturated carbocycles. The Bertz CT molecular complexity index is 659. The Morgan fingerprint density at radius 2 is 2.05 bits per heavy atom. The highest BCUT2D eigenvalue weighted by atomic mass is 16.5. The van der Waals surface area contributed by atoms with Crippen molar-refractivity contribution in [2.45, 2.75) is 13.5 Å². The van der Waals surface area contributed by atoms with Crippen molar-refractivity contribution >= 4 is 5.69 Å². The van der Waals surface area contributed by atoms with Crippen LogP contribution < -0.4 is 5.32 Å².